The Morgan fingerprint density at radius 1 is 0.977 bits per heavy atom. The average Bonchev–Trinajstić information content (AvgIpc) is 3.43. The summed E-state index contributed by atoms with van der Waals surface area (Å²) in [5, 5.41) is 11.1. The number of carbonyl (C=O) groups is 1. The molecule has 0 bridgehead atoms. The third-order valence-electron chi connectivity index (χ3n) is 8.16. The quantitative estimate of drug-likeness (QED) is 0.295. The number of carboxylic acid groups (broad SMARTS) is 1. The van der Waals surface area contributed by atoms with Crippen LogP contribution < -0.4 is 19.5 Å². The van der Waals surface area contributed by atoms with Crippen LogP contribution in [0.15, 0.2) is 41.7 Å². The SMILES string of the molecule is CCN1C2=C3C=C4c5n(CC)c6cc(Cl)c(Cl)cc6[n+]5CCC4OC3CCN2c2cc(Cl)c(Cl)cc21.O=C([O-])C(F)(F)F. The van der Waals surface area contributed by atoms with Gasteiger partial charge in [0.25, 0.3) is 5.82 Å². The van der Waals surface area contributed by atoms with Gasteiger partial charge in [-0.25, -0.2) is 9.13 Å². The summed E-state index contributed by atoms with van der Waals surface area (Å²) in [5.74, 6) is -0.654. The van der Waals surface area contributed by atoms with Crippen LogP contribution in [0.5, 0.6) is 0 Å². The van der Waals surface area contributed by atoms with Crippen molar-refractivity contribution in [3.05, 3.63) is 67.7 Å². The third kappa shape index (κ3) is 4.95. The highest BCUT2D eigenvalue weighted by Crippen LogP contribution is 2.50. The summed E-state index contributed by atoms with van der Waals surface area (Å²) < 4.78 is 43.1. The van der Waals surface area contributed by atoms with Crippen molar-refractivity contribution in [2.75, 3.05) is 22.9 Å². The van der Waals surface area contributed by atoms with Gasteiger partial charge < -0.3 is 24.4 Å². The predicted octanol–water partition coefficient (Wildman–Crippen LogP) is 6.38. The lowest BCUT2D eigenvalue weighted by Crippen LogP contribution is -2.49. The molecule has 14 heteroatoms. The van der Waals surface area contributed by atoms with Crippen molar-refractivity contribution in [1.29, 1.82) is 0 Å². The number of imidazole rings is 1. The minimum absolute atomic E-state index is 0.0641. The summed E-state index contributed by atoms with van der Waals surface area (Å²) in [4.78, 5) is 13.5. The molecule has 43 heavy (non-hydrogen) atoms. The lowest BCUT2D eigenvalue weighted by atomic mass is 9.90. The number of benzene rings is 2. The summed E-state index contributed by atoms with van der Waals surface area (Å²) in [7, 11) is 0. The lowest BCUT2D eigenvalue weighted by molar-refractivity contribution is -0.679. The van der Waals surface area contributed by atoms with Gasteiger partial charge >= 0.3 is 6.18 Å². The van der Waals surface area contributed by atoms with Gasteiger partial charge in [0.2, 0.25) is 0 Å². The van der Waals surface area contributed by atoms with Crippen LogP contribution in [0, 0.1) is 0 Å². The first-order valence-electron chi connectivity index (χ1n) is 13.7. The first-order chi connectivity index (χ1) is 20.3. The smallest absolute Gasteiger partial charge is 0.430 e. The number of aryl methyl sites for hydroxylation is 2. The average molecular weight is 676 g/mol. The molecule has 3 aromatic rings. The first-order valence-corrected chi connectivity index (χ1v) is 15.2. The Kier molecular flexibility index (Phi) is 7.82. The maximum atomic E-state index is 10.5. The predicted molar refractivity (Wildman–Crippen MR) is 159 cm³/mol. The van der Waals surface area contributed by atoms with Crippen molar-refractivity contribution >= 4 is 80.4 Å². The van der Waals surface area contributed by atoms with Gasteiger partial charge in [0.05, 0.1) is 62.3 Å². The molecule has 0 N–H and O–H groups in total. The van der Waals surface area contributed by atoms with Gasteiger partial charge in [-0.15, -0.1) is 0 Å². The Labute approximate surface area is 265 Å². The minimum atomic E-state index is -5.19. The van der Waals surface area contributed by atoms with Crippen molar-refractivity contribution in [2.24, 2.45) is 0 Å². The van der Waals surface area contributed by atoms with E-state index >= 15 is 0 Å². The molecular formula is C29H25Cl4F3N4O3. The van der Waals surface area contributed by atoms with Crippen molar-refractivity contribution in [3.8, 4) is 0 Å². The number of carbonyl (C=O) groups excluding carboxylic acids is 1. The van der Waals surface area contributed by atoms with E-state index in [2.05, 4.69) is 38.9 Å². The largest absolute Gasteiger partial charge is 0.542 e. The fourth-order valence-electron chi connectivity index (χ4n) is 6.44. The summed E-state index contributed by atoms with van der Waals surface area (Å²) in [6.45, 7) is 7.75. The zero-order valence-corrected chi connectivity index (χ0v) is 26.0. The van der Waals surface area contributed by atoms with Crippen molar-refractivity contribution in [1.82, 2.24) is 4.57 Å². The number of hydrogen-bond acceptors (Lipinski definition) is 5. The van der Waals surface area contributed by atoms with Crippen LogP contribution in [0.1, 0.15) is 32.5 Å². The molecule has 0 fully saturated rings. The maximum absolute atomic E-state index is 10.5. The number of hydrogen-bond donors (Lipinski definition) is 0. The molecular weight excluding hydrogens is 651 g/mol. The second-order valence-electron chi connectivity index (χ2n) is 10.5. The number of fused-ring (bicyclic) bond motifs is 9. The molecule has 2 unspecified atom stereocenters. The molecule has 2 aromatic carbocycles. The molecule has 0 amide bonds. The fourth-order valence-corrected chi connectivity index (χ4v) is 7.07. The van der Waals surface area contributed by atoms with Crippen molar-refractivity contribution in [3.63, 3.8) is 0 Å². The zero-order valence-electron chi connectivity index (χ0n) is 22.9. The monoisotopic (exact) mass is 674 g/mol. The molecule has 0 radical (unpaired) electrons. The van der Waals surface area contributed by atoms with Crippen LogP contribution in [0.4, 0.5) is 24.5 Å². The molecule has 7 nitrogen and oxygen atoms in total. The second kappa shape index (κ2) is 11.1. The number of ether oxygens (including phenoxy) is 1. The highest BCUT2D eigenvalue weighted by Gasteiger charge is 2.45. The number of aliphatic carboxylic acids is 1. The van der Waals surface area contributed by atoms with Crippen LogP contribution >= 0.6 is 46.4 Å². The van der Waals surface area contributed by atoms with Crippen LogP contribution in [0.25, 0.3) is 16.6 Å². The summed E-state index contributed by atoms with van der Waals surface area (Å²) in [5.41, 5.74) is 6.85. The maximum Gasteiger partial charge on any atom is 0.430 e. The van der Waals surface area contributed by atoms with Gasteiger partial charge in [0, 0.05) is 37.2 Å². The lowest BCUT2D eigenvalue weighted by Gasteiger charge is -2.40. The van der Waals surface area contributed by atoms with E-state index in [-0.39, 0.29) is 12.2 Å². The van der Waals surface area contributed by atoms with E-state index in [4.69, 9.17) is 61.0 Å². The van der Waals surface area contributed by atoms with E-state index in [0.717, 1.165) is 61.4 Å². The van der Waals surface area contributed by atoms with E-state index < -0.39 is 12.1 Å². The van der Waals surface area contributed by atoms with Crippen LogP contribution in [0.3, 0.4) is 0 Å². The van der Waals surface area contributed by atoms with Crippen LogP contribution in [0.2, 0.25) is 20.1 Å². The Hall–Kier alpha value is -2.63. The van der Waals surface area contributed by atoms with Gasteiger partial charge in [-0.1, -0.05) is 46.4 Å². The van der Waals surface area contributed by atoms with Gasteiger partial charge in [0.1, 0.15) is 11.8 Å². The highest BCUT2D eigenvalue weighted by atomic mass is 35.5. The van der Waals surface area contributed by atoms with E-state index in [1.54, 1.807) is 0 Å². The number of rotatable bonds is 2. The van der Waals surface area contributed by atoms with E-state index in [9.17, 15) is 13.2 Å². The summed E-state index contributed by atoms with van der Waals surface area (Å²) in [6, 6.07) is 7.96. The van der Waals surface area contributed by atoms with Crippen LogP contribution in [-0.4, -0.2) is 42.0 Å². The van der Waals surface area contributed by atoms with Crippen molar-refractivity contribution < 1.29 is 32.4 Å². The van der Waals surface area contributed by atoms with E-state index in [1.165, 1.54) is 22.8 Å². The third-order valence-corrected chi connectivity index (χ3v) is 9.61. The number of halogens is 7. The molecule has 4 aliphatic heterocycles. The van der Waals surface area contributed by atoms with Crippen LogP contribution in [-0.2, 0) is 22.6 Å². The number of alkyl halides is 3. The summed E-state index contributed by atoms with van der Waals surface area (Å²) >= 11 is 25.8. The molecule has 228 valence electrons. The molecule has 0 saturated carbocycles. The van der Waals surface area contributed by atoms with Gasteiger partial charge in [-0.05, 0) is 38.5 Å². The fraction of sp³-hybridized carbons (Fsp3) is 0.379. The normalized spacial score (nSPS) is 20.5. The first kappa shape index (κ1) is 30.4. The Morgan fingerprint density at radius 2 is 1.60 bits per heavy atom. The highest BCUT2D eigenvalue weighted by molar-refractivity contribution is 6.43. The molecule has 0 aliphatic carbocycles. The second-order valence-corrected chi connectivity index (χ2v) is 12.1. The van der Waals surface area contributed by atoms with Gasteiger partial charge in [-0.2, -0.15) is 13.2 Å². The Bertz CT molecular complexity index is 1680. The van der Waals surface area contributed by atoms with E-state index in [0.29, 0.717) is 20.1 Å². The molecule has 0 saturated heterocycles. The Morgan fingerprint density at radius 3 is 2.23 bits per heavy atom. The van der Waals surface area contributed by atoms with Crippen molar-refractivity contribution in [2.45, 2.75) is 58.2 Å². The number of anilines is 2. The minimum Gasteiger partial charge on any atom is -0.542 e. The van der Waals surface area contributed by atoms with Gasteiger partial charge in [0.15, 0.2) is 11.0 Å². The molecule has 7 rings (SSSR count). The van der Waals surface area contributed by atoms with Gasteiger partial charge in [-0.3, -0.25) is 0 Å². The number of carboxylic acids is 1. The standard InChI is InChI=1S/C27H25Cl4N4O.C2HF3O2/c1-3-32-20-10-16(28)18(30)12-22(20)34-7-5-24-14(26(32)34)9-15-25(36-24)6-8-35-23-13-19(31)17(29)11-21(23)33(4-2)27(15)35;3-2(4,5)1(6)7/h9-13,24-25H,3-8H2,1-2H3;(H,6,7)/q+1;/p-1. The molecule has 0 spiro atoms. The summed E-state index contributed by atoms with van der Waals surface area (Å²) in [6.07, 6.45) is -0.822. The molecule has 5 heterocycles. The Balaban J connectivity index is 0.000000423. The van der Waals surface area contributed by atoms with E-state index in [1.807, 2.05) is 24.3 Å². The molecule has 4 aliphatic rings. The molecule has 2 atom stereocenters. The zero-order chi connectivity index (χ0) is 31.0. The molecule has 1 aromatic heterocycles. The number of aromatic nitrogens is 2. The topological polar surface area (TPSA) is 64.7 Å². The number of nitrogens with zero attached hydrogens (tertiary/aromatic N) is 4.